The van der Waals surface area contributed by atoms with Gasteiger partial charge in [-0.15, -0.1) is 0 Å². The first kappa shape index (κ1) is 12.6. The van der Waals surface area contributed by atoms with Gasteiger partial charge in [-0.1, -0.05) is 23.7 Å². The Hall–Kier alpha value is -0.830. The summed E-state index contributed by atoms with van der Waals surface area (Å²) < 4.78 is 0. The second kappa shape index (κ2) is 5.67. The summed E-state index contributed by atoms with van der Waals surface area (Å²) in [6, 6.07) is 6.19. The average molecular weight is 266 g/mol. The summed E-state index contributed by atoms with van der Waals surface area (Å²) in [6.45, 7) is 5.91. The van der Waals surface area contributed by atoms with Crippen LogP contribution in [0.2, 0.25) is 5.02 Å². The van der Waals surface area contributed by atoms with Gasteiger partial charge in [0.05, 0.1) is 0 Å². The monoisotopic (exact) mass is 265 g/mol. The quantitative estimate of drug-likeness (QED) is 0.869. The number of rotatable bonds is 4. The second-order valence-corrected chi connectivity index (χ2v) is 5.43. The Labute approximate surface area is 111 Å². The molecule has 90 valence electrons. The highest BCUT2D eigenvalue weighted by molar-refractivity contribution is 7.08. The summed E-state index contributed by atoms with van der Waals surface area (Å²) in [5.41, 5.74) is 5.09. The van der Waals surface area contributed by atoms with Gasteiger partial charge in [-0.25, -0.2) is 0 Å². The minimum absolute atomic E-state index is 0.814. The number of hydrogen-bond acceptors (Lipinski definition) is 2. The van der Waals surface area contributed by atoms with E-state index >= 15 is 0 Å². The summed E-state index contributed by atoms with van der Waals surface area (Å²) >= 11 is 7.93. The van der Waals surface area contributed by atoms with E-state index in [0.29, 0.717) is 0 Å². The van der Waals surface area contributed by atoms with Crippen LogP contribution in [0.15, 0.2) is 29.0 Å². The average Bonchev–Trinajstić information content (AvgIpc) is 2.68. The molecule has 1 aromatic carbocycles. The van der Waals surface area contributed by atoms with E-state index in [0.717, 1.165) is 23.7 Å². The van der Waals surface area contributed by atoms with Crippen molar-refractivity contribution >= 4 is 22.9 Å². The van der Waals surface area contributed by atoms with Crippen LogP contribution in [0.25, 0.3) is 0 Å². The maximum atomic E-state index is 6.18. The summed E-state index contributed by atoms with van der Waals surface area (Å²) in [7, 11) is 0. The molecule has 0 atom stereocenters. The van der Waals surface area contributed by atoms with Gasteiger partial charge in [0.25, 0.3) is 0 Å². The molecule has 1 nitrogen and oxygen atoms in total. The van der Waals surface area contributed by atoms with Gasteiger partial charge in [0, 0.05) is 18.1 Å². The maximum Gasteiger partial charge on any atom is 0.0453 e. The molecule has 0 fully saturated rings. The molecule has 0 radical (unpaired) electrons. The summed E-state index contributed by atoms with van der Waals surface area (Å²) in [5, 5.41) is 8.64. The molecule has 0 aliphatic rings. The number of thiophene rings is 1. The molecule has 0 saturated carbocycles. The first-order valence-electron chi connectivity index (χ1n) is 5.64. The summed E-state index contributed by atoms with van der Waals surface area (Å²) in [6.07, 6.45) is 0. The molecule has 0 amide bonds. The number of halogens is 1. The molecule has 1 N–H and O–H groups in total. The van der Waals surface area contributed by atoms with Crippen LogP contribution in [0.5, 0.6) is 0 Å². The van der Waals surface area contributed by atoms with E-state index in [4.69, 9.17) is 11.6 Å². The molecule has 2 aromatic rings. The number of aryl methyl sites for hydroxylation is 2. The molecule has 3 heteroatoms. The first-order chi connectivity index (χ1) is 8.16. The summed E-state index contributed by atoms with van der Waals surface area (Å²) in [5.74, 6) is 0. The van der Waals surface area contributed by atoms with Crippen LogP contribution in [-0.4, -0.2) is 0 Å². The van der Waals surface area contributed by atoms with E-state index < -0.39 is 0 Å². The molecular weight excluding hydrogens is 250 g/mol. The largest absolute Gasteiger partial charge is 0.309 e. The number of nitrogens with one attached hydrogen (secondary N) is 1. The van der Waals surface area contributed by atoms with Crippen molar-refractivity contribution in [2.24, 2.45) is 0 Å². The molecule has 0 unspecified atom stereocenters. The normalized spacial score (nSPS) is 10.8. The van der Waals surface area contributed by atoms with E-state index in [1.807, 2.05) is 6.07 Å². The van der Waals surface area contributed by atoms with Crippen molar-refractivity contribution in [3.8, 4) is 0 Å². The van der Waals surface area contributed by atoms with Gasteiger partial charge in [-0.05, 0) is 52.9 Å². The van der Waals surface area contributed by atoms with Crippen molar-refractivity contribution in [2.75, 3.05) is 0 Å². The lowest BCUT2D eigenvalue weighted by atomic mass is 10.1. The van der Waals surface area contributed by atoms with Crippen LogP contribution in [0.1, 0.15) is 22.3 Å². The fourth-order valence-corrected chi connectivity index (χ4v) is 2.85. The van der Waals surface area contributed by atoms with E-state index in [-0.39, 0.29) is 0 Å². The van der Waals surface area contributed by atoms with Crippen LogP contribution in [0, 0.1) is 13.8 Å². The van der Waals surface area contributed by atoms with Gasteiger partial charge in [0.2, 0.25) is 0 Å². The zero-order valence-electron chi connectivity index (χ0n) is 10.1. The molecule has 1 heterocycles. The highest BCUT2D eigenvalue weighted by Gasteiger charge is 2.02. The fraction of sp³-hybridized carbons (Fsp3) is 0.286. The van der Waals surface area contributed by atoms with Crippen molar-refractivity contribution in [3.63, 3.8) is 0 Å². The van der Waals surface area contributed by atoms with E-state index in [9.17, 15) is 0 Å². The smallest absolute Gasteiger partial charge is 0.0453 e. The Kier molecular flexibility index (Phi) is 4.21. The predicted molar refractivity (Wildman–Crippen MR) is 75.8 cm³/mol. The standard InChI is InChI=1S/C14H16ClNS/c1-10-3-4-12(14(15)5-10)6-16-7-13-9-17-8-11(13)2/h3-5,8-9,16H,6-7H2,1-2H3. The van der Waals surface area contributed by atoms with Gasteiger partial charge in [0.15, 0.2) is 0 Å². The van der Waals surface area contributed by atoms with E-state index in [1.54, 1.807) is 11.3 Å². The lowest BCUT2D eigenvalue weighted by Crippen LogP contribution is -2.13. The van der Waals surface area contributed by atoms with Crippen molar-refractivity contribution in [1.82, 2.24) is 5.32 Å². The topological polar surface area (TPSA) is 12.0 Å². The number of hydrogen-bond donors (Lipinski definition) is 1. The Morgan fingerprint density at radius 1 is 1.12 bits per heavy atom. The fourth-order valence-electron chi connectivity index (χ4n) is 1.70. The lowest BCUT2D eigenvalue weighted by Gasteiger charge is -2.07. The molecule has 17 heavy (non-hydrogen) atoms. The van der Waals surface area contributed by atoms with Gasteiger partial charge < -0.3 is 5.32 Å². The predicted octanol–water partition coefficient (Wildman–Crippen LogP) is 4.31. The van der Waals surface area contributed by atoms with Crippen LogP contribution in [0.4, 0.5) is 0 Å². The highest BCUT2D eigenvalue weighted by atomic mass is 35.5. The molecule has 0 bridgehead atoms. The first-order valence-corrected chi connectivity index (χ1v) is 6.96. The Morgan fingerprint density at radius 2 is 1.88 bits per heavy atom. The van der Waals surface area contributed by atoms with Crippen LogP contribution < -0.4 is 5.32 Å². The maximum absolute atomic E-state index is 6.18. The van der Waals surface area contributed by atoms with Crippen molar-refractivity contribution in [2.45, 2.75) is 26.9 Å². The molecule has 0 saturated heterocycles. The minimum Gasteiger partial charge on any atom is -0.309 e. The molecule has 2 rings (SSSR count). The number of benzene rings is 1. The zero-order valence-corrected chi connectivity index (χ0v) is 11.7. The van der Waals surface area contributed by atoms with Gasteiger partial charge in [0.1, 0.15) is 0 Å². The van der Waals surface area contributed by atoms with Crippen LogP contribution in [-0.2, 0) is 13.1 Å². The van der Waals surface area contributed by atoms with Gasteiger partial charge >= 0.3 is 0 Å². The third kappa shape index (κ3) is 3.32. The van der Waals surface area contributed by atoms with Crippen molar-refractivity contribution < 1.29 is 0 Å². The second-order valence-electron chi connectivity index (χ2n) is 4.28. The molecular formula is C14H16ClNS. The lowest BCUT2D eigenvalue weighted by molar-refractivity contribution is 0.692. The SMILES string of the molecule is Cc1ccc(CNCc2cscc2C)c(Cl)c1. The molecule has 1 aromatic heterocycles. The van der Waals surface area contributed by atoms with Crippen molar-refractivity contribution in [1.29, 1.82) is 0 Å². The highest BCUT2D eigenvalue weighted by Crippen LogP contribution is 2.18. The minimum atomic E-state index is 0.814. The third-order valence-electron chi connectivity index (χ3n) is 2.80. The molecule has 0 spiro atoms. The van der Waals surface area contributed by atoms with Gasteiger partial charge in [-0.2, -0.15) is 11.3 Å². The van der Waals surface area contributed by atoms with Crippen LogP contribution >= 0.6 is 22.9 Å². The Balaban J connectivity index is 1.92. The Bertz CT molecular complexity index is 505. The Morgan fingerprint density at radius 3 is 2.53 bits per heavy atom. The molecule has 0 aliphatic carbocycles. The third-order valence-corrected chi connectivity index (χ3v) is 4.06. The van der Waals surface area contributed by atoms with Gasteiger partial charge in [-0.3, -0.25) is 0 Å². The zero-order chi connectivity index (χ0) is 12.3. The summed E-state index contributed by atoms with van der Waals surface area (Å²) in [4.78, 5) is 0. The molecule has 0 aliphatic heterocycles. The van der Waals surface area contributed by atoms with Crippen LogP contribution in [0.3, 0.4) is 0 Å². The van der Waals surface area contributed by atoms with E-state index in [1.165, 1.54) is 16.7 Å². The van der Waals surface area contributed by atoms with Crippen molar-refractivity contribution in [3.05, 3.63) is 56.2 Å². The van der Waals surface area contributed by atoms with E-state index in [2.05, 4.69) is 42.1 Å².